The van der Waals surface area contributed by atoms with Gasteiger partial charge in [0.15, 0.2) is 5.78 Å². The Kier molecular flexibility index (Phi) is 4.20. The first-order valence-electron chi connectivity index (χ1n) is 5.14. The summed E-state index contributed by atoms with van der Waals surface area (Å²) in [5.41, 5.74) is 5.23. The SMILES string of the molecule is CC(=O)c1cc(F)ccc1OCC(C)C(N)=O. The van der Waals surface area contributed by atoms with E-state index in [2.05, 4.69) is 0 Å². The summed E-state index contributed by atoms with van der Waals surface area (Å²) in [5, 5.41) is 0. The molecular weight excluding hydrogens is 225 g/mol. The molecule has 17 heavy (non-hydrogen) atoms. The molecule has 0 aromatic heterocycles. The minimum atomic E-state index is -0.509. The molecule has 5 heteroatoms. The van der Waals surface area contributed by atoms with E-state index in [-0.39, 0.29) is 23.7 Å². The van der Waals surface area contributed by atoms with Crippen molar-refractivity contribution in [2.24, 2.45) is 11.7 Å². The Bertz CT molecular complexity index is 445. The van der Waals surface area contributed by atoms with Crippen molar-refractivity contribution in [3.8, 4) is 5.75 Å². The van der Waals surface area contributed by atoms with E-state index < -0.39 is 17.6 Å². The van der Waals surface area contributed by atoms with Gasteiger partial charge in [-0.15, -0.1) is 0 Å². The van der Waals surface area contributed by atoms with Gasteiger partial charge < -0.3 is 10.5 Å². The molecule has 0 saturated carbocycles. The van der Waals surface area contributed by atoms with Crippen LogP contribution in [0.15, 0.2) is 18.2 Å². The van der Waals surface area contributed by atoms with Gasteiger partial charge in [-0.3, -0.25) is 9.59 Å². The van der Waals surface area contributed by atoms with Crippen LogP contribution in [0.3, 0.4) is 0 Å². The second-order valence-corrected chi connectivity index (χ2v) is 3.81. The predicted molar refractivity (Wildman–Crippen MR) is 60.3 cm³/mol. The van der Waals surface area contributed by atoms with Crippen molar-refractivity contribution in [1.29, 1.82) is 0 Å². The Morgan fingerprint density at radius 2 is 2.12 bits per heavy atom. The number of ether oxygens (including phenoxy) is 1. The lowest BCUT2D eigenvalue weighted by molar-refractivity contribution is -0.122. The Labute approximate surface area is 98.6 Å². The maximum absolute atomic E-state index is 13.0. The number of halogens is 1. The summed E-state index contributed by atoms with van der Waals surface area (Å²) in [7, 11) is 0. The van der Waals surface area contributed by atoms with Crippen LogP contribution in [0.4, 0.5) is 4.39 Å². The van der Waals surface area contributed by atoms with Crippen molar-refractivity contribution < 1.29 is 18.7 Å². The third-order valence-corrected chi connectivity index (χ3v) is 2.30. The van der Waals surface area contributed by atoms with Gasteiger partial charge in [0.05, 0.1) is 18.1 Å². The van der Waals surface area contributed by atoms with Gasteiger partial charge in [-0.05, 0) is 25.1 Å². The van der Waals surface area contributed by atoms with E-state index in [0.29, 0.717) is 0 Å². The molecule has 4 nitrogen and oxygen atoms in total. The van der Waals surface area contributed by atoms with Crippen LogP contribution in [0, 0.1) is 11.7 Å². The lowest BCUT2D eigenvalue weighted by atomic mass is 10.1. The molecule has 0 aliphatic carbocycles. The molecule has 0 heterocycles. The van der Waals surface area contributed by atoms with E-state index in [0.717, 1.165) is 6.07 Å². The highest BCUT2D eigenvalue weighted by Crippen LogP contribution is 2.20. The van der Waals surface area contributed by atoms with Gasteiger partial charge in [0, 0.05) is 0 Å². The number of primary amides is 1. The van der Waals surface area contributed by atoms with Gasteiger partial charge in [-0.2, -0.15) is 0 Å². The Hall–Kier alpha value is -1.91. The Balaban J connectivity index is 2.84. The van der Waals surface area contributed by atoms with E-state index >= 15 is 0 Å². The van der Waals surface area contributed by atoms with Gasteiger partial charge in [0.1, 0.15) is 11.6 Å². The highest BCUT2D eigenvalue weighted by atomic mass is 19.1. The topological polar surface area (TPSA) is 69.4 Å². The average molecular weight is 239 g/mol. The zero-order valence-electron chi connectivity index (χ0n) is 9.70. The largest absolute Gasteiger partial charge is 0.492 e. The van der Waals surface area contributed by atoms with Crippen LogP contribution in [0.1, 0.15) is 24.2 Å². The normalized spacial score (nSPS) is 11.9. The van der Waals surface area contributed by atoms with E-state index in [1.54, 1.807) is 6.92 Å². The van der Waals surface area contributed by atoms with E-state index in [1.165, 1.54) is 19.1 Å². The first-order chi connectivity index (χ1) is 7.91. The smallest absolute Gasteiger partial charge is 0.223 e. The number of carbonyl (C=O) groups is 2. The van der Waals surface area contributed by atoms with Gasteiger partial charge in [-0.1, -0.05) is 6.92 Å². The summed E-state index contributed by atoms with van der Waals surface area (Å²) < 4.78 is 18.2. The highest BCUT2D eigenvalue weighted by molar-refractivity contribution is 5.96. The quantitative estimate of drug-likeness (QED) is 0.792. The van der Waals surface area contributed by atoms with Crippen LogP contribution in [-0.2, 0) is 4.79 Å². The highest BCUT2D eigenvalue weighted by Gasteiger charge is 2.13. The minimum Gasteiger partial charge on any atom is -0.492 e. The fraction of sp³-hybridized carbons (Fsp3) is 0.333. The van der Waals surface area contributed by atoms with Crippen LogP contribution >= 0.6 is 0 Å². The van der Waals surface area contributed by atoms with E-state index in [9.17, 15) is 14.0 Å². The third-order valence-electron chi connectivity index (χ3n) is 2.30. The van der Waals surface area contributed by atoms with Crippen molar-refractivity contribution in [2.75, 3.05) is 6.61 Å². The van der Waals surface area contributed by atoms with Crippen LogP contribution in [0.2, 0.25) is 0 Å². The zero-order valence-corrected chi connectivity index (χ0v) is 9.70. The number of ketones is 1. The molecule has 0 aliphatic rings. The molecule has 0 aliphatic heterocycles. The maximum atomic E-state index is 13.0. The molecule has 1 unspecified atom stereocenters. The fourth-order valence-electron chi connectivity index (χ4n) is 1.20. The number of amides is 1. The number of carbonyl (C=O) groups excluding carboxylic acids is 2. The predicted octanol–water partition coefficient (Wildman–Crippen LogP) is 1.53. The average Bonchev–Trinajstić information content (AvgIpc) is 2.26. The van der Waals surface area contributed by atoms with Crippen LogP contribution in [0.5, 0.6) is 5.75 Å². The molecule has 1 amide bonds. The zero-order chi connectivity index (χ0) is 13.0. The molecule has 1 atom stereocenters. The summed E-state index contributed by atoms with van der Waals surface area (Å²) >= 11 is 0. The molecule has 0 fully saturated rings. The molecule has 1 rings (SSSR count). The van der Waals surface area contributed by atoms with Crippen molar-refractivity contribution in [3.05, 3.63) is 29.6 Å². The summed E-state index contributed by atoms with van der Waals surface area (Å²) in [4.78, 5) is 22.1. The molecule has 2 N–H and O–H groups in total. The first kappa shape index (κ1) is 13.2. The summed E-state index contributed by atoms with van der Waals surface area (Å²) in [5.74, 6) is -1.51. The van der Waals surface area contributed by atoms with Crippen LogP contribution in [0.25, 0.3) is 0 Å². The van der Waals surface area contributed by atoms with E-state index in [4.69, 9.17) is 10.5 Å². The second kappa shape index (κ2) is 5.43. The monoisotopic (exact) mass is 239 g/mol. The number of nitrogens with two attached hydrogens (primary N) is 1. The standard InChI is InChI=1S/C12H14FNO3/c1-7(12(14)16)6-17-11-4-3-9(13)5-10(11)8(2)15/h3-5,7H,6H2,1-2H3,(H2,14,16). The second-order valence-electron chi connectivity index (χ2n) is 3.81. The maximum Gasteiger partial charge on any atom is 0.223 e. The molecule has 1 aromatic carbocycles. The third kappa shape index (κ3) is 3.55. The van der Waals surface area contributed by atoms with E-state index in [1.807, 2.05) is 0 Å². The Morgan fingerprint density at radius 1 is 1.47 bits per heavy atom. The molecule has 0 spiro atoms. The summed E-state index contributed by atoms with van der Waals surface area (Å²) in [6.45, 7) is 2.99. The molecule has 0 radical (unpaired) electrons. The number of benzene rings is 1. The molecular formula is C12H14FNO3. The van der Waals surface area contributed by atoms with Gasteiger partial charge in [-0.25, -0.2) is 4.39 Å². The van der Waals surface area contributed by atoms with Crippen molar-refractivity contribution in [1.82, 2.24) is 0 Å². The summed E-state index contributed by atoms with van der Waals surface area (Å²) in [6.07, 6.45) is 0. The fourth-order valence-corrected chi connectivity index (χ4v) is 1.20. The Morgan fingerprint density at radius 3 is 2.65 bits per heavy atom. The lowest BCUT2D eigenvalue weighted by Gasteiger charge is -2.12. The molecule has 1 aromatic rings. The lowest BCUT2D eigenvalue weighted by Crippen LogP contribution is -2.26. The number of hydrogen-bond donors (Lipinski definition) is 1. The van der Waals surface area contributed by atoms with Crippen LogP contribution < -0.4 is 10.5 Å². The molecule has 0 bridgehead atoms. The number of rotatable bonds is 5. The van der Waals surface area contributed by atoms with Crippen molar-refractivity contribution in [2.45, 2.75) is 13.8 Å². The van der Waals surface area contributed by atoms with Crippen LogP contribution in [-0.4, -0.2) is 18.3 Å². The van der Waals surface area contributed by atoms with Gasteiger partial charge in [0.2, 0.25) is 5.91 Å². The van der Waals surface area contributed by atoms with Crippen molar-refractivity contribution in [3.63, 3.8) is 0 Å². The number of Topliss-reactive ketones (excluding diaryl/α,β-unsaturated/α-hetero) is 1. The first-order valence-corrected chi connectivity index (χ1v) is 5.14. The molecule has 0 saturated heterocycles. The van der Waals surface area contributed by atoms with Gasteiger partial charge >= 0.3 is 0 Å². The minimum absolute atomic E-state index is 0.0568. The van der Waals surface area contributed by atoms with Crippen molar-refractivity contribution >= 4 is 11.7 Å². The van der Waals surface area contributed by atoms with Gasteiger partial charge in [0.25, 0.3) is 0 Å². The summed E-state index contributed by atoms with van der Waals surface area (Å²) in [6, 6.07) is 3.66. The number of hydrogen-bond acceptors (Lipinski definition) is 3. The molecule has 92 valence electrons.